The highest BCUT2D eigenvalue weighted by Crippen LogP contribution is 2.27. The molecule has 0 spiro atoms. The maximum atomic E-state index is 13.6. The van der Waals surface area contributed by atoms with Crippen molar-refractivity contribution < 1.29 is 28.2 Å². The van der Waals surface area contributed by atoms with Gasteiger partial charge in [-0.3, -0.25) is 0 Å². The number of benzene rings is 1. The van der Waals surface area contributed by atoms with E-state index < -0.39 is 24.7 Å². The third-order valence-electron chi connectivity index (χ3n) is 2.75. The van der Waals surface area contributed by atoms with Crippen LogP contribution in [0.4, 0.5) is 8.78 Å². The van der Waals surface area contributed by atoms with E-state index in [-0.39, 0.29) is 5.75 Å². The van der Waals surface area contributed by atoms with E-state index in [1.165, 1.54) is 6.07 Å². The van der Waals surface area contributed by atoms with Crippen molar-refractivity contribution >= 4 is 7.32 Å². The van der Waals surface area contributed by atoms with Gasteiger partial charge in [-0.25, -0.2) is 0 Å². The Morgan fingerprint density at radius 2 is 1.60 bits per heavy atom. The lowest BCUT2D eigenvalue weighted by Gasteiger charge is -2.11. The first-order valence-corrected chi connectivity index (χ1v) is 6.69. The van der Waals surface area contributed by atoms with Crippen LogP contribution in [0.1, 0.15) is 39.0 Å². The highest BCUT2D eigenvalue weighted by atomic mass is 19.2. The highest BCUT2D eigenvalue weighted by molar-refractivity contribution is 6.33. The average molecular weight is 288 g/mol. The zero-order valence-corrected chi connectivity index (χ0v) is 11.4. The summed E-state index contributed by atoms with van der Waals surface area (Å²) in [7, 11) is -2.20. The number of unbranched alkanes of at least 4 members (excludes halogenated alkanes) is 4. The molecule has 0 aliphatic heterocycles. The van der Waals surface area contributed by atoms with Crippen LogP contribution < -0.4 is 9.39 Å². The standard InChI is InChI=1S/C13H19BF2O4/c1-2-3-4-5-6-9-19-10-7-8-11(20-14(17)18)13(16)12(10)15/h7-8,17-18H,2-6,9H2,1H3. The Balaban J connectivity index is 2.49. The number of halogens is 2. The van der Waals surface area contributed by atoms with E-state index in [9.17, 15) is 8.78 Å². The first-order valence-electron chi connectivity index (χ1n) is 6.69. The summed E-state index contributed by atoms with van der Waals surface area (Å²) in [6.45, 7) is 2.42. The number of rotatable bonds is 9. The van der Waals surface area contributed by atoms with E-state index in [0.717, 1.165) is 38.2 Å². The molecule has 0 amide bonds. The van der Waals surface area contributed by atoms with Gasteiger partial charge in [0.05, 0.1) is 6.61 Å². The maximum absolute atomic E-state index is 13.6. The minimum atomic E-state index is -2.20. The van der Waals surface area contributed by atoms with Crippen LogP contribution in [0.2, 0.25) is 0 Å². The molecule has 1 rings (SSSR count). The summed E-state index contributed by atoms with van der Waals surface area (Å²) in [6.07, 6.45) is 5.14. The molecule has 0 unspecified atom stereocenters. The first kappa shape index (κ1) is 16.7. The molecule has 0 atom stereocenters. The van der Waals surface area contributed by atoms with Gasteiger partial charge in [0.25, 0.3) is 0 Å². The summed E-state index contributed by atoms with van der Waals surface area (Å²) < 4.78 is 36.5. The second-order valence-corrected chi connectivity index (χ2v) is 4.40. The fourth-order valence-corrected chi connectivity index (χ4v) is 1.72. The van der Waals surface area contributed by atoms with E-state index in [2.05, 4.69) is 11.6 Å². The van der Waals surface area contributed by atoms with Crippen molar-refractivity contribution in [3.8, 4) is 11.5 Å². The van der Waals surface area contributed by atoms with E-state index in [1.807, 2.05) is 0 Å². The quantitative estimate of drug-likeness (QED) is 0.542. The van der Waals surface area contributed by atoms with Crippen molar-refractivity contribution in [1.29, 1.82) is 0 Å². The molecule has 1 aromatic rings. The third-order valence-corrected chi connectivity index (χ3v) is 2.75. The van der Waals surface area contributed by atoms with Gasteiger partial charge in [-0.05, 0) is 18.6 Å². The molecule has 112 valence electrons. The second-order valence-electron chi connectivity index (χ2n) is 4.40. The minimum absolute atomic E-state index is 0.210. The van der Waals surface area contributed by atoms with Crippen LogP contribution in [0.25, 0.3) is 0 Å². The van der Waals surface area contributed by atoms with Crippen molar-refractivity contribution in [3.63, 3.8) is 0 Å². The third kappa shape index (κ3) is 5.34. The van der Waals surface area contributed by atoms with Gasteiger partial charge in [-0.2, -0.15) is 8.78 Å². The highest BCUT2D eigenvalue weighted by Gasteiger charge is 2.20. The van der Waals surface area contributed by atoms with Crippen molar-refractivity contribution in [1.82, 2.24) is 0 Å². The van der Waals surface area contributed by atoms with Gasteiger partial charge in [0.15, 0.2) is 5.75 Å². The Labute approximate surface area is 117 Å². The Morgan fingerprint density at radius 1 is 1.00 bits per heavy atom. The van der Waals surface area contributed by atoms with Crippen LogP contribution in [-0.4, -0.2) is 24.0 Å². The summed E-state index contributed by atoms with van der Waals surface area (Å²) in [5, 5.41) is 17.1. The summed E-state index contributed by atoms with van der Waals surface area (Å²) in [6, 6.07) is 2.28. The van der Waals surface area contributed by atoms with Gasteiger partial charge in [0.2, 0.25) is 11.6 Å². The molecule has 0 saturated carbocycles. The molecular weight excluding hydrogens is 269 g/mol. The molecule has 0 aliphatic rings. The van der Waals surface area contributed by atoms with E-state index in [1.54, 1.807) is 0 Å². The summed E-state index contributed by atoms with van der Waals surface area (Å²) in [5.41, 5.74) is 0. The number of hydrogen-bond donors (Lipinski definition) is 2. The number of hydrogen-bond acceptors (Lipinski definition) is 4. The lowest BCUT2D eigenvalue weighted by Crippen LogP contribution is -2.21. The van der Waals surface area contributed by atoms with Gasteiger partial charge in [-0.1, -0.05) is 32.6 Å². The predicted octanol–water partition coefficient (Wildman–Crippen LogP) is 2.66. The predicted molar refractivity (Wildman–Crippen MR) is 71.4 cm³/mol. The molecule has 0 radical (unpaired) electrons. The molecule has 0 saturated heterocycles. The molecule has 0 aromatic heterocycles. The summed E-state index contributed by atoms with van der Waals surface area (Å²) >= 11 is 0. The van der Waals surface area contributed by atoms with Crippen LogP contribution in [0.3, 0.4) is 0 Å². The van der Waals surface area contributed by atoms with Crippen LogP contribution in [0.15, 0.2) is 12.1 Å². The van der Waals surface area contributed by atoms with Gasteiger partial charge >= 0.3 is 7.32 Å². The van der Waals surface area contributed by atoms with E-state index in [4.69, 9.17) is 14.8 Å². The fourth-order valence-electron chi connectivity index (χ4n) is 1.72. The van der Waals surface area contributed by atoms with Crippen LogP contribution in [0.5, 0.6) is 11.5 Å². The number of ether oxygens (including phenoxy) is 1. The maximum Gasteiger partial charge on any atom is 0.707 e. The van der Waals surface area contributed by atoms with Crippen molar-refractivity contribution in [3.05, 3.63) is 23.8 Å². The van der Waals surface area contributed by atoms with Crippen LogP contribution in [-0.2, 0) is 0 Å². The molecule has 0 aliphatic carbocycles. The van der Waals surface area contributed by atoms with Crippen LogP contribution in [0, 0.1) is 11.6 Å². The normalized spacial score (nSPS) is 10.4. The molecule has 0 bridgehead atoms. The molecule has 1 aromatic carbocycles. The summed E-state index contributed by atoms with van der Waals surface area (Å²) in [5.74, 6) is -3.29. The zero-order chi connectivity index (χ0) is 15.0. The van der Waals surface area contributed by atoms with E-state index >= 15 is 0 Å². The average Bonchev–Trinajstić information content (AvgIpc) is 2.41. The van der Waals surface area contributed by atoms with Gasteiger partial charge < -0.3 is 19.4 Å². The van der Waals surface area contributed by atoms with Gasteiger partial charge in [0, 0.05) is 0 Å². The van der Waals surface area contributed by atoms with Crippen molar-refractivity contribution in [2.45, 2.75) is 39.0 Å². The lowest BCUT2D eigenvalue weighted by atomic mass is 10.2. The van der Waals surface area contributed by atoms with Gasteiger partial charge in [-0.15, -0.1) is 0 Å². The van der Waals surface area contributed by atoms with E-state index in [0.29, 0.717) is 6.61 Å². The lowest BCUT2D eigenvalue weighted by molar-refractivity contribution is 0.268. The topological polar surface area (TPSA) is 58.9 Å². The molecule has 0 fully saturated rings. The Kier molecular flexibility index (Phi) is 7.32. The largest absolute Gasteiger partial charge is 0.707 e. The molecule has 2 N–H and O–H groups in total. The molecule has 7 heteroatoms. The monoisotopic (exact) mass is 288 g/mol. The molecule has 0 heterocycles. The fraction of sp³-hybridized carbons (Fsp3) is 0.538. The zero-order valence-electron chi connectivity index (χ0n) is 11.4. The SMILES string of the molecule is CCCCCCCOc1ccc(OB(O)O)c(F)c1F. The smallest absolute Gasteiger partial charge is 0.509 e. The minimum Gasteiger partial charge on any atom is -0.509 e. The molecule has 20 heavy (non-hydrogen) atoms. The van der Waals surface area contributed by atoms with Crippen LogP contribution >= 0.6 is 0 Å². The molecule has 4 nitrogen and oxygen atoms in total. The van der Waals surface area contributed by atoms with Gasteiger partial charge in [0.1, 0.15) is 5.75 Å². The Hall–Kier alpha value is -1.34. The Morgan fingerprint density at radius 3 is 2.25 bits per heavy atom. The van der Waals surface area contributed by atoms with Crippen molar-refractivity contribution in [2.75, 3.05) is 6.61 Å². The summed E-state index contributed by atoms with van der Waals surface area (Å²) in [4.78, 5) is 0. The first-order chi connectivity index (χ1) is 9.56. The Bertz CT molecular complexity index is 416. The van der Waals surface area contributed by atoms with Crippen molar-refractivity contribution in [2.24, 2.45) is 0 Å². The molecular formula is C13H19BF2O4. The second kappa shape index (κ2) is 8.76.